The summed E-state index contributed by atoms with van der Waals surface area (Å²) in [6, 6.07) is 0. The number of aromatic amines is 1. The van der Waals surface area contributed by atoms with Gasteiger partial charge in [-0.1, -0.05) is 0 Å². The van der Waals surface area contributed by atoms with Crippen molar-refractivity contribution >= 4 is 35.2 Å². The smallest absolute Gasteiger partial charge is 0.475 e. The molecular weight excluding hydrogens is 541 g/mol. The molecule has 34 heavy (non-hydrogen) atoms. The average molecular weight is 556 g/mol. The molecule has 20 nitrogen and oxygen atoms in total. The summed E-state index contributed by atoms with van der Waals surface area (Å²) < 4.78 is 50.3. The molecule has 0 aromatic carbocycles. The summed E-state index contributed by atoms with van der Waals surface area (Å²) in [5, 5.41) is 28.9. The zero-order chi connectivity index (χ0) is 26.2. The van der Waals surface area contributed by atoms with Gasteiger partial charge in [-0.3, -0.25) is 23.7 Å². The molecule has 0 radical (unpaired) electrons. The predicted molar refractivity (Wildman–Crippen MR) is 99.0 cm³/mol. The number of carbonyl (C=O) groups is 2. The van der Waals surface area contributed by atoms with E-state index in [9.17, 15) is 48.0 Å². The molecule has 1 saturated heterocycles. The number of nitrogens with zero attached hydrogens (tertiary/aromatic N) is 1. The Morgan fingerprint density at radius 3 is 2.15 bits per heavy atom. The third-order valence-electron chi connectivity index (χ3n) is 3.84. The van der Waals surface area contributed by atoms with Crippen LogP contribution in [-0.4, -0.2) is 81.1 Å². The first-order valence-corrected chi connectivity index (χ1v) is 12.8. The van der Waals surface area contributed by atoms with Gasteiger partial charge in [-0.25, -0.2) is 23.3 Å². The summed E-state index contributed by atoms with van der Waals surface area (Å²) in [6.45, 7) is -1.21. The van der Waals surface area contributed by atoms with E-state index in [4.69, 9.17) is 24.5 Å². The molecule has 192 valence electrons. The fourth-order valence-electron chi connectivity index (χ4n) is 2.52. The first-order chi connectivity index (χ1) is 15.3. The fraction of sp³-hybridized carbons (Fsp3) is 0.455. The van der Waals surface area contributed by atoms with Crippen LogP contribution in [0.1, 0.15) is 16.6 Å². The number of aliphatic hydroxyl groups is 2. The van der Waals surface area contributed by atoms with Crippen LogP contribution >= 0.6 is 23.5 Å². The molecule has 0 amide bonds. The van der Waals surface area contributed by atoms with E-state index in [2.05, 4.69) is 13.1 Å². The van der Waals surface area contributed by atoms with Crippen LogP contribution in [0, 0.1) is 0 Å². The summed E-state index contributed by atoms with van der Waals surface area (Å²) in [7, 11) is -17.1. The number of aromatic nitrogens is 2. The Kier molecular flexibility index (Phi) is 8.34. The van der Waals surface area contributed by atoms with Crippen molar-refractivity contribution in [3.05, 3.63) is 32.6 Å². The van der Waals surface area contributed by atoms with Crippen LogP contribution in [0.15, 0.2) is 15.8 Å². The standard InChI is InChI=1S/C11H15N2O18P3/c14-5(10(18)19)3-1-13(11(20)12-8(3)17)9-7(16)6(15)4(29-9)2-28-33(24,25)31-34(26,27)30-32(21,22)23/h1,4,6-7,9,15-16H,2H2,(H,18,19)(H,24,25)(H,26,27)(H,12,17,20)(H2,21,22,23)/t4-,6-,7-,9-/m1/s1. The number of carbonyl (C=O) groups excluding carboxylic acids is 1. The van der Waals surface area contributed by atoms with E-state index in [-0.39, 0.29) is 0 Å². The number of phosphoric ester groups is 1. The van der Waals surface area contributed by atoms with Gasteiger partial charge in [0.25, 0.3) is 11.3 Å². The molecular formula is C11H15N2O18P3. The monoisotopic (exact) mass is 556 g/mol. The number of hydrogen-bond acceptors (Lipinski definition) is 13. The second kappa shape index (κ2) is 10.00. The van der Waals surface area contributed by atoms with E-state index in [0.717, 1.165) is 0 Å². The second-order valence-corrected chi connectivity index (χ2v) is 10.7. The zero-order valence-electron chi connectivity index (χ0n) is 16.0. The Balaban J connectivity index is 2.20. The molecule has 1 aromatic heterocycles. The van der Waals surface area contributed by atoms with Gasteiger partial charge in [0.1, 0.15) is 23.9 Å². The first-order valence-electron chi connectivity index (χ1n) is 8.26. The molecule has 0 aliphatic carbocycles. The van der Waals surface area contributed by atoms with Gasteiger partial charge in [0, 0.05) is 6.20 Å². The largest absolute Gasteiger partial charge is 0.490 e. The van der Waals surface area contributed by atoms with Crippen molar-refractivity contribution < 1.29 is 76.1 Å². The van der Waals surface area contributed by atoms with Crippen LogP contribution in [-0.2, 0) is 36.4 Å². The van der Waals surface area contributed by atoms with E-state index in [1.165, 1.54) is 0 Å². The normalized spacial score (nSPS) is 26.5. The highest BCUT2D eigenvalue weighted by molar-refractivity contribution is 7.66. The number of Topliss-reactive ketones (excluding diaryl/α,β-unsaturated/α-hetero) is 1. The van der Waals surface area contributed by atoms with Gasteiger partial charge >= 0.3 is 35.1 Å². The summed E-state index contributed by atoms with van der Waals surface area (Å²) in [6.07, 6.45) is -7.32. The molecule has 6 atom stereocenters. The number of ketones is 1. The highest BCUT2D eigenvalue weighted by Crippen LogP contribution is 2.66. The van der Waals surface area contributed by atoms with Gasteiger partial charge in [0.05, 0.1) is 6.61 Å². The van der Waals surface area contributed by atoms with Gasteiger partial charge in [-0.2, -0.15) is 8.62 Å². The Hall–Kier alpha value is -1.89. The summed E-state index contributed by atoms with van der Waals surface area (Å²) in [5.41, 5.74) is -3.75. The van der Waals surface area contributed by atoms with Crippen LogP contribution in [0.4, 0.5) is 0 Å². The van der Waals surface area contributed by atoms with Crippen LogP contribution in [0.25, 0.3) is 0 Å². The Labute approximate surface area is 185 Å². The number of rotatable bonds is 10. The zero-order valence-corrected chi connectivity index (χ0v) is 18.7. The number of phosphoric acid groups is 3. The quantitative estimate of drug-likeness (QED) is 0.0797. The number of H-pyrrole nitrogens is 1. The maximum atomic E-state index is 12.0. The summed E-state index contributed by atoms with van der Waals surface area (Å²) in [5.74, 6) is -3.79. The SMILES string of the molecule is O=C(O)C(=O)c1cn([C@@H]2O[C@H](COP(=O)(O)OP(=O)(O)OP(=O)(O)O)[C@@H](O)[C@H]2O)c(=O)[nH]c1=O. The van der Waals surface area contributed by atoms with Gasteiger partial charge in [0.2, 0.25) is 0 Å². The lowest BCUT2D eigenvalue weighted by Crippen LogP contribution is -2.40. The minimum Gasteiger partial charge on any atom is -0.475 e. The maximum Gasteiger partial charge on any atom is 0.490 e. The molecule has 0 saturated carbocycles. The lowest BCUT2D eigenvalue weighted by molar-refractivity contribution is -0.131. The average Bonchev–Trinajstić information content (AvgIpc) is 2.91. The van der Waals surface area contributed by atoms with Crippen molar-refractivity contribution in [2.75, 3.05) is 6.61 Å². The molecule has 0 bridgehead atoms. The lowest BCUT2D eigenvalue weighted by Gasteiger charge is -2.19. The maximum absolute atomic E-state index is 12.0. The molecule has 8 N–H and O–H groups in total. The lowest BCUT2D eigenvalue weighted by atomic mass is 10.1. The minimum absolute atomic E-state index is 0.330. The Morgan fingerprint density at radius 2 is 1.62 bits per heavy atom. The van der Waals surface area contributed by atoms with Crippen LogP contribution in [0.2, 0.25) is 0 Å². The van der Waals surface area contributed by atoms with Crippen molar-refractivity contribution in [1.29, 1.82) is 0 Å². The molecule has 23 heteroatoms. The van der Waals surface area contributed by atoms with Crippen molar-refractivity contribution in [3.8, 4) is 0 Å². The molecule has 1 aliphatic heterocycles. The minimum atomic E-state index is -5.83. The molecule has 1 fully saturated rings. The van der Waals surface area contributed by atoms with Crippen molar-refractivity contribution in [1.82, 2.24) is 9.55 Å². The summed E-state index contributed by atoms with van der Waals surface area (Å²) in [4.78, 5) is 83.1. The van der Waals surface area contributed by atoms with E-state index < -0.39 is 83.2 Å². The number of hydrogen-bond donors (Lipinski definition) is 8. The number of carboxylic acid groups (broad SMARTS) is 1. The molecule has 2 heterocycles. The highest BCUT2D eigenvalue weighted by Gasteiger charge is 2.47. The first kappa shape index (κ1) is 28.3. The number of aliphatic hydroxyl groups excluding tert-OH is 2. The van der Waals surface area contributed by atoms with Gasteiger partial charge < -0.3 is 39.6 Å². The summed E-state index contributed by atoms with van der Waals surface area (Å²) >= 11 is 0. The Bertz CT molecular complexity index is 1230. The fourth-order valence-corrected chi connectivity index (χ4v) is 5.55. The van der Waals surface area contributed by atoms with E-state index in [1.54, 1.807) is 4.98 Å². The number of ether oxygens (including phenoxy) is 1. The van der Waals surface area contributed by atoms with Gasteiger partial charge in [0.15, 0.2) is 6.23 Å². The molecule has 0 spiro atoms. The van der Waals surface area contributed by atoms with E-state index in [0.29, 0.717) is 10.8 Å². The van der Waals surface area contributed by atoms with Crippen molar-refractivity contribution in [2.45, 2.75) is 24.5 Å². The highest BCUT2D eigenvalue weighted by atomic mass is 31.3. The van der Waals surface area contributed by atoms with Crippen LogP contribution in [0.3, 0.4) is 0 Å². The predicted octanol–water partition coefficient (Wildman–Crippen LogP) is -3.23. The molecule has 2 rings (SSSR count). The van der Waals surface area contributed by atoms with Crippen molar-refractivity contribution in [2.24, 2.45) is 0 Å². The van der Waals surface area contributed by atoms with Crippen LogP contribution in [0.5, 0.6) is 0 Å². The second-order valence-electron chi connectivity index (χ2n) is 6.28. The number of carboxylic acids is 1. The van der Waals surface area contributed by atoms with Crippen LogP contribution < -0.4 is 11.2 Å². The van der Waals surface area contributed by atoms with Gasteiger partial charge in [-0.15, -0.1) is 0 Å². The van der Waals surface area contributed by atoms with Gasteiger partial charge in [-0.05, 0) is 0 Å². The van der Waals surface area contributed by atoms with E-state index in [1.807, 2.05) is 0 Å². The third-order valence-corrected chi connectivity index (χ3v) is 7.64. The molecule has 1 aromatic rings. The van der Waals surface area contributed by atoms with E-state index >= 15 is 0 Å². The third kappa shape index (κ3) is 7.06. The van der Waals surface area contributed by atoms with Crippen molar-refractivity contribution in [3.63, 3.8) is 0 Å². The number of aliphatic carboxylic acids is 1. The topological polar surface area (TPSA) is 319 Å². The Morgan fingerprint density at radius 1 is 1.03 bits per heavy atom. The molecule has 1 aliphatic rings. The number of nitrogens with one attached hydrogen (secondary N) is 1. The molecule has 2 unspecified atom stereocenters.